The minimum atomic E-state index is 0.550. The summed E-state index contributed by atoms with van der Waals surface area (Å²) in [6.07, 6.45) is 2.48. The molecule has 0 atom stereocenters. The topological polar surface area (TPSA) is 24.1 Å². The monoisotopic (exact) mass is 204 g/mol. The zero-order valence-electron chi connectivity index (χ0n) is 9.64. The van der Waals surface area contributed by atoms with E-state index in [2.05, 4.69) is 42.7 Å². The maximum atomic E-state index is 3.46. The van der Waals surface area contributed by atoms with Crippen LogP contribution in [0.15, 0.2) is 18.2 Å². The van der Waals surface area contributed by atoms with Crippen molar-refractivity contribution in [3.05, 3.63) is 29.3 Å². The van der Waals surface area contributed by atoms with Crippen LogP contribution >= 0.6 is 0 Å². The molecule has 0 saturated heterocycles. The van der Waals surface area contributed by atoms with E-state index in [0.717, 1.165) is 13.1 Å². The van der Waals surface area contributed by atoms with Crippen LogP contribution in [0, 0.1) is 0 Å². The van der Waals surface area contributed by atoms with Crippen molar-refractivity contribution in [2.75, 3.05) is 11.9 Å². The van der Waals surface area contributed by atoms with Crippen LogP contribution in [-0.4, -0.2) is 12.6 Å². The lowest BCUT2D eigenvalue weighted by molar-refractivity contribution is 0.588. The van der Waals surface area contributed by atoms with Gasteiger partial charge in [-0.1, -0.05) is 26.0 Å². The molecule has 2 N–H and O–H groups in total. The molecule has 1 heterocycles. The Hall–Kier alpha value is -1.02. The Morgan fingerprint density at radius 1 is 1.40 bits per heavy atom. The zero-order valence-corrected chi connectivity index (χ0v) is 9.64. The molecule has 15 heavy (non-hydrogen) atoms. The summed E-state index contributed by atoms with van der Waals surface area (Å²) in [5.74, 6) is 0. The molecule has 1 aromatic rings. The average Bonchev–Trinajstić information content (AvgIpc) is 2.26. The smallest absolute Gasteiger partial charge is 0.0375 e. The SMILES string of the molecule is CC(C)NCc1ccc2c(c1)NCCC2. The highest BCUT2D eigenvalue weighted by molar-refractivity contribution is 5.54. The predicted molar refractivity (Wildman–Crippen MR) is 65.2 cm³/mol. The van der Waals surface area contributed by atoms with Crippen molar-refractivity contribution >= 4 is 5.69 Å². The number of hydrogen-bond donors (Lipinski definition) is 2. The standard InChI is InChI=1S/C13H20N2/c1-10(2)15-9-11-5-6-12-4-3-7-14-13(12)8-11/h5-6,8,10,14-15H,3-4,7,9H2,1-2H3. The van der Waals surface area contributed by atoms with Gasteiger partial charge in [0, 0.05) is 24.8 Å². The molecular formula is C13H20N2. The van der Waals surface area contributed by atoms with Crippen LogP contribution in [0.1, 0.15) is 31.4 Å². The maximum absolute atomic E-state index is 3.46. The van der Waals surface area contributed by atoms with Gasteiger partial charge in [0.25, 0.3) is 0 Å². The summed E-state index contributed by atoms with van der Waals surface area (Å²) in [5.41, 5.74) is 4.18. The van der Waals surface area contributed by atoms with Gasteiger partial charge in [0.2, 0.25) is 0 Å². The first-order chi connectivity index (χ1) is 7.25. The van der Waals surface area contributed by atoms with Crippen molar-refractivity contribution in [3.63, 3.8) is 0 Å². The highest BCUT2D eigenvalue weighted by atomic mass is 14.9. The van der Waals surface area contributed by atoms with E-state index < -0.39 is 0 Å². The highest BCUT2D eigenvalue weighted by Gasteiger charge is 2.08. The lowest BCUT2D eigenvalue weighted by Gasteiger charge is -2.19. The van der Waals surface area contributed by atoms with Crippen LogP contribution in [0.4, 0.5) is 5.69 Å². The fraction of sp³-hybridized carbons (Fsp3) is 0.538. The molecule has 0 spiro atoms. The number of nitrogens with one attached hydrogen (secondary N) is 2. The molecule has 0 aromatic heterocycles. The van der Waals surface area contributed by atoms with Gasteiger partial charge in [0.15, 0.2) is 0 Å². The summed E-state index contributed by atoms with van der Waals surface area (Å²) in [5, 5.41) is 6.90. The van der Waals surface area contributed by atoms with Crippen molar-refractivity contribution in [1.82, 2.24) is 5.32 Å². The molecule has 2 nitrogen and oxygen atoms in total. The van der Waals surface area contributed by atoms with Crippen LogP contribution in [0.2, 0.25) is 0 Å². The molecule has 1 aromatic carbocycles. The summed E-state index contributed by atoms with van der Waals surface area (Å²) in [7, 11) is 0. The summed E-state index contributed by atoms with van der Waals surface area (Å²) >= 11 is 0. The van der Waals surface area contributed by atoms with Crippen molar-refractivity contribution < 1.29 is 0 Å². The molecule has 2 heteroatoms. The summed E-state index contributed by atoms with van der Waals surface area (Å²) in [6.45, 7) is 6.44. The van der Waals surface area contributed by atoms with Gasteiger partial charge in [0.1, 0.15) is 0 Å². The Labute approximate surface area is 92.1 Å². The molecule has 1 aliphatic rings. The summed E-state index contributed by atoms with van der Waals surface area (Å²) < 4.78 is 0. The fourth-order valence-electron chi connectivity index (χ4n) is 1.94. The van der Waals surface area contributed by atoms with E-state index in [9.17, 15) is 0 Å². The minimum absolute atomic E-state index is 0.550. The lowest BCUT2D eigenvalue weighted by Crippen LogP contribution is -2.22. The van der Waals surface area contributed by atoms with Gasteiger partial charge in [-0.25, -0.2) is 0 Å². The van der Waals surface area contributed by atoms with Gasteiger partial charge in [-0.15, -0.1) is 0 Å². The molecule has 0 unspecified atom stereocenters. The normalized spacial score (nSPS) is 14.9. The molecule has 0 radical (unpaired) electrons. The molecule has 0 aliphatic carbocycles. The number of fused-ring (bicyclic) bond motifs is 1. The third kappa shape index (κ3) is 2.72. The largest absolute Gasteiger partial charge is 0.385 e. The number of hydrogen-bond acceptors (Lipinski definition) is 2. The van der Waals surface area contributed by atoms with Crippen LogP contribution < -0.4 is 10.6 Å². The van der Waals surface area contributed by atoms with Gasteiger partial charge in [-0.3, -0.25) is 0 Å². The molecule has 2 rings (SSSR count). The van der Waals surface area contributed by atoms with Crippen LogP contribution in [-0.2, 0) is 13.0 Å². The second-order valence-corrected chi connectivity index (χ2v) is 4.56. The zero-order chi connectivity index (χ0) is 10.7. The Morgan fingerprint density at radius 2 is 2.27 bits per heavy atom. The van der Waals surface area contributed by atoms with Gasteiger partial charge >= 0.3 is 0 Å². The van der Waals surface area contributed by atoms with Crippen molar-refractivity contribution in [2.24, 2.45) is 0 Å². The average molecular weight is 204 g/mol. The van der Waals surface area contributed by atoms with E-state index in [1.165, 1.54) is 29.7 Å². The quantitative estimate of drug-likeness (QED) is 0.790. The molecule has 0 bridgehead atoms. The lowest BCUT2D eigenvalue weighted by atomic mass is 10.0. The first kappa shape index (κ1) is 10.5. The highest BCUT2D eigenvalue weighted by Crippen LogP contribution is 2.22. The van der Waals surface area contributed by atoms with E-state index in [-0.39, 0.29) is 0 Å². The molecule has 0 fully saturated rings. The Balaban J connectivity index is 2.07. The third-order valence-corrected chi connectivity index (χ3v) is 2.83. The number of anilines is 1. The van der Waals surface area contributed by atoms with E-state index >= 15 is 0 Å². The number of benzene rings is 1. The molecule has 82 valence electrons. The molecule has 0 amide bonds. The van der Waals surface area contributed by atoms with Gasteiger partial charge in [0.05, 0.1) is 0 Å². The van der Waals surface area contributed by atoms with Crippen LogP contribution in [0.3, 0.4) is 0 Å². The second-order valence-electron chi connectivity index (χ2n) is 4.56. The van der Waals surface area contributed by atoms with E-state index in [1.807, 2.05) is 0 Å². The Morgan fingerprint density at radius 3 is 3.07 bits per heavy atom. The first-order valence-electron chi connectivity index (χ1n) is 5.85. The van der Waals surface area contributed by atoms with Gasteiger partial charge < -0.3 is 10.6 Å². The number of rotatable bonds is 3. The summed E-state index contributed by atoms with van der Waals surface area (Å²) in [4.78, 5) is 0. The third-order valence-electron chi connectivity index (χ3n) is 2.83. The van der Waals surface area contributed by atoms with E-state index in [4.69, 9.17) is 0 Å². The first-order valence-corrected chi connectivity index (χ1v) is 5.85. The minimum Gasteiger partial charge on any atom is -0.385 e. The van der Waals surface area contributed by atoms with Crippen LogP contribution in [0.25, 0.3) is 0 Å². The van der Waals surface area contributed by atoms with Crippen molar-refractivity contribution in [1.29, 1.82) is 0 Å². The predicted octanol–water partition coefficient (Wildman–Crippen LogP) is 2.54. The Bertz CT molecular complexity index is 331. The molecule has 1 aliphatic heterocycles. The maximum Gasteiger partial charge on any atom is 0.0375 e. The van der Waals surface area contributed by atoms with Crippen LogP contribution in [0.5, 0.6) is 0 Å². The van der Waals surface area contributed by atoms with E-state index in [1.54, 1.807) is 0 Å². The number of aryl methyl sites for hydroxylation is 1. The molecular weight excluding hydrogens is 184 g/mol. The van der Waals surface area contributed by atoms with Crippen molar-refractivity contribution in [2.45, 2.75) is 39.3 Å². The van der Waals surface area contributed by atoms with Gasteiger partial charge in [-0.2, -0.15) is 0 Å². The molecule has 0 saturated carbocycles. The second kappa shape index (κ2) is 4.67. The summed E-state index contributed by atoms with van der Waals surface area (Å²) in [6, 6.07) is 7.33. The van der Waals surface area contributed by atoms with E-state index in [0.29, 0.717) is 6.04 Å². The Kier molecular flexibility index (Phi) is 3.27. The van der Waals surface area contributed by atoms with Gasteiger partial charge in [-0.05, 0) is 30.0 Å². The fourth-order valence-corrected chi connectivity index (χ4v) is 1.94. The van der Waals surface area contributed by atoms with Crippen molar-refractivity contribution in [3.8, 4) is 0 Å².